The molecule has 1 aromatic heterocycles. The molecule has 0 unspecified atom stereocenters. The maximum Gasteiger partial charge on any atom is 0.251 e. The lowest BCUT2D eigenvalue weighted by Gasteiger charge is -2.31. The van der Waals surface area contributed by atoms with Crippen LogP contribution in [0.15, 0.2) is 47.1 Å². The van der Waals surface area contributed by atoms with E-state index in [1.807, 2.05) is 0 Å². The van der Waals surface area contributed by atoms with E-state index in [0.717, 1.165) is 25.0 Å². The van der Waals surface area contributed by atoms with Crippen molar-refractivity contribution in [3.05, 3.63) is 65.6 Å². The van der Waals surface area contributed by atoms with Crippen LogP contribution in [-0.2, 0) is 4.79 Å². The molecule has 2 aromatic rings. The van der Waals surface area contributed by atoms with E-state index in [4.69, 9.17) is 4.42 Å². The van der Waals surface area contributed by atoms with Crippen LogP contribution in [0.4, 0.5) is 8.78 Å². The molecule has 27 heavy (non-hydrogen) atoms. The van der Waals surface area contributed by atoms with Gasteiger partial charge in [0, 0.05) is 31.3 Å². The van der Waals surface area contributed by atoms with Gasteiger partial charge in [0.1, 0.15) is 5.76 Å². The van der Waals surface area contributed by atoms with Crippen molar-refractivity contribution in [3.63, 3.8) is 0 Å². The third-order valence-electron chi connectivity index (χ3n) is 4.59. The molecule has 1 aromatic carbocycles. The van der Waals surface area contributed by atoms with Crippen molar-refractivity contribution < 1.29 is 22.8 Å². The van der Waals surface area contributed by atoms with Gasteiger partial charge in [0.15, 0.2) is 11.6 Å². The summed E-state index contributed by atoms with van der Waals surface area (Å²) in [7, 11) is 0. The minimum absolute atomic E-state index is 0.0735. The molecule has 1 aliphatic rings. The first kappa shape index (κ1) is 18.8. The van der Waals surface area contributed by atoms with E-state index in [1.54, 1.807) is 29.4 Å². The number of carbonyl (C=O) groups excluding carboxylic acids is 2. The minimum atomic E-state index is -1.04. The fraction of sp³-hybridized carbons (Fsp3) is 0.300. The normalized spacial score (nSPS) is 15.3. The molecule has 2 amide bonds. The topological polar surface area (TPSA) is 62.6 Å². The molecular formula is C20H20F2N2O3. The highest BCUT2D eigenvalue weighted by Gasteiger charge is 2.22. The number of hydrogen-bond acceptors (Lipinski definition) is 3. The van der Waals surface area contributed by atoms with Crippen molar-refractivity contribution in [1.82, 2.24) is 10.2 Å². The van der Waals surface area contributed by atoms with E-state index >= 15 is 0 Å². The van der Waals surface area contributed by atoms with Crippen LogP contribution in [0.2, 0.25) is 0 Å². The molecule has 0 atom stereocenters. The molecule has 0 radical (unpaired) electrons. The summed E-state index contributed by atoms with van der Waals surface area (Å²) in [6.07, 6.45) is 6.20. The third-order valence-corrected chi connectivity index (χ3v) is 4.59. The average Bonchev–Trinajstić information content (AvgIpc) is 3.20. The molecule has 1 fully saturated rings. The second-order valence-corrected chi connectivity index (χ2v) is 6.46. The standard InChI is InChI=1S/C20H20F2N2O3/c21-17-5-3-15(12-18(17)22)20(26)23-13-14-7-9-24(10-8-14)19(25)6-4-16-2-1-11-27-16/h1-6,11-12,14H,7-10,13H2,(H,23,26)/b6-4+. The van der Waals surface area contributed by atoms with E-state index in [2.05, 4.69) is 5.32 Å². The smallest absolute Gasteiger partial charge is 0.251 e. The quantitative estimate of drug-likeness (QED) is 0.818. The van der Waals surface area contributed by atoms with Gasteiger partial charge in [-0.2, -0.15) is 0 Å². The summed E-state index contributed by atoms with van der Waals surface area (Å²) in [5, 5.41) is 2.75. The third kappa shape index (κ3) is 5.03. The number of piperidine rings is 1. The summed E-state index contributed by atoms with van der Waals surface area (Å²) in [6, 6.07) is 6.60. The van der Waals surface area contributed by atoms with Gasteiger partial charge in [0.2, 0.25) is 5.91 Å². The lowest BCUT2D eigenvalue weighted by Crippen LogP contribution is -2.41. The van der Waals surface area contributed by atoms with Crippen LogP contribution < -0.4 is 5.32 Å². The summed E-state index contributed by atoms with van der Waals surface area (Å²) in [5.41, 5.74) is 0.0876. The van der Waals surface area contributed by atoms with Gasteiger partial charge in [-0.05, 0) is 55.2 Å². The zero-order valence-electron chi connectivity index (χ0n) is 14.7. The maximum atomic E-state index is 13.2. The van der Waals surface area contributed by atoms with Gasteiger partial charge in [-0.3, -0.25) is 9.59 Å². The lowest BCUT2D eigenvalue weighted by atomic mass is 9.96. The highest BCUT2D eigenvalue weighted by molar-refractivity contribution is 5.94. The Morgan fingerprint density at radius 1 is 1.19 bits per heavy atom. The predicted molar refractivity (Wildman–Crippen MR) is 95.7 cm³/mol. The van der Waals surface area contributed by atoms with Crippen LogP contribution in [-0.4, -0.2) is 36.3 Å². The van der Waals surface area contributed by atoms with Crippen molar-refractivity contribution in [1.29, 1.82) is 0 Å². The first-order valence-electron chi connectivity index (χ1n) is 8.76. The van der Waals surface area contributed by atoms with E-state index < -0.39 is 17.5 Å². The minimum Gasteiger partial charge on any atom is -0.465 e. The lowest BCUT2D eigenvalue weighted by molar-refractivity contribution is -0.127. The number of carbonyl (C=O) groups is 2. The number of nitrogens with zero attached hydrogens (tertiary/aromatic N) is 1. The number of nitrogens with one attached hydrogen (secondary N) is 1. The zero-order valence-corrected chi connectivity index (χ0v) is 14.7. The van der Waals surface area contributed by atoms with Crippen molar-refractivity contribution in [2.75, 3.05) is 19.6 Å². The predicted octanol–water partition coefficient (Wildman–Crippen LogP) is 3.24. The Hall–Kier alpha value is -2.96. The first-order chi connectivity index (χ1) is 13.0. The fourth-order valence-electron chi connectivity index (χ4n) is 2.98. The van der Waals surface area contributed by atoms with Crippen LogP contribution >= 0.6 is 0 Å². The van der Waals surface area contributed by atoms with E-state index in [9.17, 15) is 18.4 Å². The first-order valence-corrected chi connectivity index (χ1v) is 8.76. The number of hydrogen-bond donors (Lipinski definition) is 1. The van der Waals surface area contributed by atoms with Crippen molar-refractivity contribution in [2.24, 2.45) is 5.92 Å². The zero-order chi connectivity index (χ0) is 19.2. The summed E-state index contributed by atoms with van der Waals surface area (Å²) < 4.78 is 31.3. The molecule has 1 N–H and O–H groups in total. The van der Waals surface area contributed by atoms with Gasteiger partial charge >= 0.3 is 0 Å². The Labute approximate surface area is 155 Å². The number of benzene rings is 1. The second kappa shape index (κ2) is 8.62. The Kier molecular flexibility index (Phi) is 6.01. The fourth-order valence-corrected chi connectivity index (χ4v) is 2.98. The van der Waals surface area contributed by atoms with Crippen LogP contribution in [0, 0.1) is 17.6 Å². The molecule has 1 aliphatic heterocycles. The Morgan fingerprint density at radius 3 is 2.63 bits per heavy atom. The number of rotatable bonds is 5. The van der Waals surface area contributed by atoms with Gasteiger partial charge in [-0.1, -0.05) is 0 Å². The van der Waals surface area contributed by atoms with Crippen molar-refractivity contribution in [2.45, 2.75) is 12.8 Å². The van der Waals surface area contributed by atoms with Crippen LogP contribution in [0.1, 0.15) is 29.0 Å². The van der Waals surface area contributed by atoms with Gasteiger partial charge in [0.05, 0.1) is 6.26 Å². The molecule has 1 saturated heterocycles. The molecule has 0 spiro atoms. The molecule has 3 rings (SSSR count). The highest BCUT2D eigenvalue weighted by atomic mass is 19.2. The largest absolute Gasteiger partial charge is 0.465 e. The number of amides is 2. The molecular weight excluding hydrogens is 354 g/mol. The molecule has 0 bridgehead atoms. The van der Waals surface area contributed by atoms with Gasteiger partial charge < -0.3 is 14.6 Å². The van der Waals surface area contributed by atoms with Crippen molar-refractivity contribution >= 4 is 17.9 Å². The van der Waals surface area contributed by atoms with Gasteiger partial charge in [-0.25, -0.2) is 8.78 Å². The summed E-state index contributed by atoms with van der Waals surface area (Å²) in [6.45, 7) is 1.64. The monoisotopic (exact) mass is 374 g/mol. The highest BCUT2D eigenvalue weighted by Crippen LogP contribution is 2.17. The summed E-state index contributed by atoms with van der Waals surface area (Å²) in [5.74, 6) is -1.68. The molecule has 0 aliphatic carbocycles. The number of halogens is 2. The number of likely N-dealkylation sites (tertiary alicyclic amines) is 1. The summed E-state index contributed by atoms with van der Waals surface area (Å²) >= 11 is 0. The SMILES string of the molecule is O=C(NCC1CCN(C(=O)/C=C/c2ccco2)CC1)c1ccc(F)c(F)c1. The molecule has 7 heteroatoms. The maximum absolute atomic E-state index is 13.2. The van der Waals surface area contributed by atoms with Gasteiger partial charge in [0.25, 0.3) is 5.91 Å². The van der Waals surface area contributed by atoms with E-state index in [-0.39, 0.29) is 17.4 Å². The van der Waals surface area contributed by atoms with Crippen LogP contribution in [0.3, 0.4) is 0 Å². The van der Waals surface area contributed by atoms with E-state index in [0.29, 0.717) is 25.4 Å². The molecule has 5 nitrogen and oxygen atoms in total. The van der Waals surface area contributed by atoms with Gasteiger partial charge in [-0.15, -0.1) is 0 Å². The molecule has 142 valence electrons. The van der Waals surface area contributed by atoms with Crippen LogP contribution in [0.5, 0.6) is 0 Å². The van der Waals surface area contributed by atoms with E-state index in [1.165, 1.54) is 12.1 Å². The average molecular weight is 374 g/mol. The van der Waals surface area contributed by atoms with Crippen LogP contribution in [0.25, 0.3) is 6.08 Å². The number of furan rings is 1. The Bertz CT molecular complexity index is 826. The Morgan fingerprint density at radius 2 is 1.96 bits per heavy atom. The molecule has 2 heterocycles. The second-order valence-electron chi connectivity index (χ2n) is 6.46. The summed E-state index contributed by atoms with van der Waals surface area (Å²) in [4.78, 5) is 26.0. The van der Waals surface area contributed by atoms with Crippen molar-refractivity contribution in [3.8, 4) is 0 Å². The molecule has 0 saturated carbocycles. The Balaban J connectivity index is 1.43.